The van der Waals surface area contributed by atoms with Crippen molar-refractivity contribution in [3.05, 3.63) is 0 Å². The summed E-state index contributed by atoms with van der Waals surface area (Å²) in [6.45, 7) is -1.33. The molecule has 13 nitrogen and oxygen atoms in total. The first kappa shape index (κ1) is 23.1. The third-order valence-electron chi connectivity index (χ3n) is 3.03. The van der Waals surface area contributed by atoms with E-state index in [0.717, 1.165) is 0 Å². The predicted octanol–water partition coefficient (Wildman–Crippen LogP) is -4.84. The van der Waals surface area contributed by atoms with Gasteiger partial charge in [-0.25, -0.2) is 4.79 Å². The normalized spacial score (nSPS) is 12.4. The summed E-state index contributed by atoms with van der Waals surface area (Å²) in [5, 5.41) is 24.9. The van der Waals surface area contributed by atoms with Crippen LogP contribution in [0.2, 0.25) is 0 Å². The highest BCUT2D eigenvalue weighted by atomic mass is 16.4. The van der Waals surface area contributed by atoms with Crippen LogP contribution in [0.4, 0.5) is 0 Å². The number of hydrogen-bond acceptors (Lipinski definition) is 7. The van der Waals surface area contributed by atoms with E-state index >= 15 is 0 Å². The minimum atomic E-state index is -1.38. The average Bonchev–Trinajstić information content (AvgIpc) is 2.59. The second kappa shape index (κ2) is 12.4. The zero-order chi connectivity index (χ0) is 20.1. The fourth-order valence-electron chi connectivity index (χ4n) is 1.72. The van der Waals surface area contributed by atoms with Gasteiger partial charge in [-0.2, -0.15) is 0 Å². The Hall–Kier alpha value is -2.93. The molecule has 0 aliphatic heterocycles. The minimum absolute atomic E-state index is 0.0382. The first-order valence-electron chi connectivity index (χ1n) is 7.66. The Morgan fingerprint density at radius 1 is 1.04 bits per heavy atom. The van der Waals surface area contributed by atoms with Crippen molar-refractivity contribution in [2.45, 2.75) is 24.9 Å². The summed E-state index contributed by atoms with van der Waals surface area (Å²) >= 11 is 0. The molecule has 0 rings (SSSR count). The molecule has 2 atom stereocenters. The van der Waals surface area contributed by atoms with E-state index in [9.17, 15) is 24.3 Å². The largest absolute Gasteiger partial charge is 0.480 e. The van der Waals surface area contributed by atoms with Gasteiger partial charge in [-0.05, 0) is 12.8 Å². The summed E-state index contributed by atoms with van der Waals surface area (Å²) < 4.78 is 0. The van der Waals surface area contributed by atoms with E-state index in [-0.39, 0.29) is 31.9 Å². The second-order valence-corrected chi connectivity index (χ2v) is 5.13. The molecule has 3 amide bonds. The summed E-state index contributed by atoms with van der Waals surface area (Å²) in [4.78, 5) is 49.5. The number of aliphatic hydroxyl groups excluding tert-OH is 1. The van der Waals surface area contributed by atoms with E-state index in [1.807, 2.05) is 0 Å². The topological polar surface area (TPSA) is 235 Å². The lowest BCUT2D eigenvalue weighted by atomic mass is 10.1. The highest BCUT2D eigenvalue weighted by Gasteiger charge is 2.25. The fourth-order valence-corrected chi connectivity index (χ4v) is 1.72. The molecule has 0 aliphatic rings. The van der Waals surface area contributed by atoms with Gasteiger partial charge in [0.25, 0.3) is 0 Å². The van der Waals surface area contributed by atoms with Gasteiger partial charge < -0.3 is 43.4 Å². The number of nitrogens with one attached hydrogen (secondary N) is 3. The number of nitrogens with zero attached hydrogens (tertiary/aromatic N) is 1. The van der Waals surface area contributed by atoms with Gasteiger partial charge in [-0.3, -0.25) is 19.4 Å². The molecule has 11 N–H and O–H groups in total. The molecule has 2 unspecified atom stereocenters. The Kier molecular flexibility index (Phi) is 11.0. The van der Waals surface area contributed by atoms with Crippen LogP contribution in [0.5, 0.6) is 0 Å². The lowest BCUT2D eigenvalue weighted by Gasteiger charge is -2.20. The third kappa shape index (κ3) is 10.0. The van der Waals surface area contributed by atoms with Gasteiger partial charge >= 0.3 is 5.97 Å². The summed E-state index contributed by atoms with van der Waals surface area (Å²) in [5.74, 6) is -3.63. The number of guanidine groups is 1. The number of aliphatic imine (C=N–C) groups is 1. The van der Waals surface area contributed by atoms with Crippen LogP contribution in [0.3, 0.4) is 0 Å². The first-order valence-corrected chi connectivity index (χ1v) is 7.66. The molecule has 0 fully saturated rings. The molecule has 13 heteroatoms. The lowest BCUT2D eigenvalue weighted by Crippen LogP contribution is -2.54. The molecular formula is C13H25N7O6. The van der Waals surface area contributed by atoms with Crippen LogP contribution >= 0.6 is 0 Å². The number of amides is 3. The van der Waals surface area contributed by atoms with Crippen molar-refractivity contribution >= 4 is 29.7 Å². The molecule has 0 radical (unpaired) electrons. The Balaban J connectivity index is 4.57. The van der Waals surface area contributed by atoms with E-state index in [2.05, 4.69) is 20.9 Å². The number of nitrogens with two attached hydrogens (primary N) is 3. The number of carboxylic acids is 1. The van der Waals surface area contributed by atoms with Crippen molar-refractivity contribution in [3.63, 3.8) is 0 Å². The van der Waals surface area contributed by atoms with E-state index in [1.54, 1.807) is 0 Å². The summed E-state index contributed by atoms with van der Waals surface area (Å²) in [7, 11) is 0. The van der Waals surface area contributed by atoms with Crippen LogP contribution in [0.25, 0.3) is 0 Å². The highest BCUT2D eigenvalue weighted by molar-refractivity contribution is 5.92. The highest BCUT2D eigenvalue weighted by Crippen LogP contribution is 1.99. The molecule has 26 heavy (non-hydrogen) atoms. The smallest absolute Gasteiger partial charge is 0.326 e. The first-order chi connectivity index (χ1) is 12.2. The van der Waals surface area contributed by atoms with Crippen molar-refractivity contribution in [1.82, 2.24) is 16.0 Å². The number of rotatable bonds is 12. The monoisotopic (exact) mass is 375 g/mol. The predicted molar refractivity (Wildman–Crippen MR) is 90.6 cm³/mol. The fraction of sp³-hybridized carbons (Fsp3) is 0.615. The third-order valence-corrected chi connectivity index (χ3v) is 3.03. The zero-order valence-electron chi connectivity index (χ0n) is 14.1. The van der Waals surface area contributed by atoms with Crippen LogP contribution in [0.1, 0.15) is 12.8 Å². The van der Waals surface area contributed by atoms with Crippen LogP contribution in [-0.4, -0.2) is 78.2 Å². The molecule has 0 aromatic heterocycles. The maximum atomic E-state index is 12.0. The Labute approximate surface area is 149 Å². The standard InChI is InChI=1S/C13H25N7O6/c14-4-9(22)18-5-10(23)19-8(6-21)11(24)20-7(12(25)26)2-1-3-17-13(15)16/h7-8,21H,1-6,14H2,(H,18,22)(H,19,23)(H,20,24)(H,25,26)(H4,15,16,17). The van der Waals surface area contributed by atoms with Crippen LogP contribution < -0.4 is 33.2 Å². The second-order valence-electron chi connectivity index (χ2n) is 5.13. The molecule has 148 valence electrons. The van der Waals surface area contributed by atoms with Crippen molar-refractivity contribution in [2.75, 3.05) is 26.2 Å². The van der Waals surface area contributed by atoms with E-state index in [4.69, 9.17) is 22.3 Å². The SMILES string of the molecule is NCC(=O)NCC(=O)NC(CO)C(=O)NC(CCCN=C(N)N)C(=O)O. The van der Waals surface area contributed by atoms with Crippen molar-refractivity contribution in [1.29, 1.82) is 0 Å². The molecule has 0 heterocycles. The average molecular weight is 375 g/mol. The van der Waals surface area contributed by atoms with E-state index in [0.29, 0.717) is 0 Å². The summed E-state index contributed by atoms with van der Waals surface area (Å²) in [6, 6.07) is -2.63. The Bertz CT molecular complexity index is 535. The van der Waals surface area contributed by atoms with Crippen LogP contribution in [0.15, 0.2) is 4.99 Å². The minimum Gasteiger partial charge on any atom is -0.480 e. The molecule has 0 aromatic carbocycles. The van der Waals surface area contributed by atoms with E-state index < -0.39 is 48.9 Å². The molecular weight excluding hydrogens is 350 g/mol. The van der Waals surface area contributed by atoms with Gasteiger partial charge in [0, 0.05) is 6.54 Å². The lowest BCUT2D eigenvalue weighted by molar-refractivity contribution is -0.142. The quantitative estimate of drug-likeness (QED) is 0.0925. The molecule has 0 spiro atoms. The van der Waals surface area contributed by atoms with Gasteiger partial charge in [-0.15, -0.1) is 0 Å². The zero-order valence-corrected chi connectivity index (χ0v) is 14.1. The van der Waals surface area contributed by atoms with Gasteiger partial charge in [-0.1, -0.05) is 0 Å². The van der Waals surface area contributed by atoms with Crippen LogP contribution in [0, 0.1) is 0 Å². The number of hydrogen-bond donors (Lipinski definition) is 8. The van der Waals surface area contributed by atoms with E-state index in [1.165, 1.54) is 0 Å². The molecule has 0 saturated heterocycles. The molecule has 0 saturated carbocycles. The van der Waals surface area contributed by atoms with Gasteiger partial charge in [0.05, 0.1) is 19.7 Å². The van der Waals surface area contributed by atoms with Gasteiger partial charge in [0.1, 0.15) is 12.1 Å². The van der Waals surface area contributed by atoms with Crippen molar-refractivity contribution in [2.24, 2.45) is 22.2 Å². The molecule has 0 aromatic rings. The van der Waals surface area contributed by atoms with Crippen molar-refractivity contribution < 1.29 is 29.4 Å². The van der Waals surface area contributed by atoms with Gasteiger partial charge in [0.2, 0.25) is 17.7 Å². The number of aliphatic hydroxyl groups is 1. The number of aliphatic carboxylic acids is 1. The maximum Gasteiger partial charge on any atom is 0.326 e. The Morgan fingerprint density at radius 3 is 2.19 bits per heavy atom. The molecule has 0 bridgehead atoms. The summed E-state index contributed by atoms with van der Waals surface area (Å²) in [6.07, 6.45) is 0.326. The summed E-state index contributed by atoms with van der Waals surface area (Å²) in [5.41, 5.74) is 15.4. The maximum absolute atomic E-state index is 12.0. The number of carboxylic acid groups (broad SMARTS) is 1. The van der Waals surface area contributed by atoms with Crippen molar-refractivity contribution in [3.8, 4) is 0 Å². The molecule has 0 aliphatic carbocycles. The number of carbonyl (C=O) groups is 4. The number of carbonyl (C=O) groups excluding carboxylic acids is 3. The Morgan fingerprint density at radius 2 is 1.69 bits per heavy atom. The van der Waals surface area contributed by atoms with Crippen LogP contribution in [-0.2, 0) is 19.2 Å². The van der Waals surface area contributed by atoms with Gasteiger partial charge in [0.15, 0.2) is 5.96 Å².